The summed E-state index contributed by atoms with van der Waals surface area (Å²) in [6.45, 7) is 4.00. The molecule has 0 aliphatic carbocycles. The molecule has 0 radical (unpaired) electrons. The second-order valence-electron chi connectivity index (χ2n) is 5.03. The summed E-state index contributed by atoms with van der Waals surface area (Å²) in [7, 11) is 0. The van der Waals surface area contributed by atoms with Gasteiger partial charge < -0.3 is 11.1 Å². The van der Waals surface area contributed by atoms with Gasteiger partial charge >= 0.3 is 0 Å². The van der Waals surface area contributed by atoms with Gasteiger partial charge in [-0.15, -0.1) is 0 Å². The zero-order valence-electron chi connectivity index (χ0n) is 11.8. The van der Waals surface area contributed by atoms with Crippen LogP contribution in [0.15, 0.2) is 54.6 Å². The van der Waals surface area contributed by atoms with E-state index in [0.29, 0.717) is 0 Å². The second kappa shape index (κ2) is 6.35. The quantitative estimate of drug-likeness (QED) is 0.896. The van der Waals surface area contributed by atoms with Crippen LogP contribution in [0.25, 0.3) is 0 Å². The van der Waals surface area contributed by atoms with Gasteiger partial charge in [0, 0.05) is 0 Å². The van der Waals surface area contributed by atoms with E-state index in [-0.39, 0.29) is 11.9 Å². The summed E-state index contributed by atoms with van der Waals surface area (Å²) >= 11 is 0. The first-order valence-corrected chi connectivity index (χ1v) is 6.75. The lowest BCUT2D eigenvalue weighted by atomic mass is 10.0. The average molecular weight is 268 g/mol. The molecule has 0 bridgehead atoms. The molecule has 3 heteroatoms. The number of aryl methyl sites for hydroxylation is 1. The maximum Gasteiger partial charge on any atom is 0.241 e. The molecule has 2 aromatic carbocycles. The Morgan fingerprint density at radius 1 is 1.00 bits per heavy atom. The van der Waals surface area contributed by atoms with Crippen molar-refractivity contribution < 1.29 is 4.79 Å². The zero-order valence-corrected chi connectivity index (χ0v) is 11.8. The van der Waals surface area contributed by atoms with Gasteiger partial charge in [0.1, 0.15) is 6.04 Å². The van der Waals surface area contributed by atoms with Crippen molar-refractivity contribution in [1.82, 2.24) is 5.32 Å². The fourth-order valence-electron chi connectivity index (χ4n) is 2.05. The largest absolute Gasteiger partial charge is 0.348 e. The third-order valence-corrected chi connectivity index (χ3v) is 3.38. The molecule has 0 unspecified atom stereocenters. The van der Waals surface area contributed by atoms with Crippen LogP contribution in [0.2, 0.25) is 0 Å². The van der Waals surface area contributed by atoms with E-state index in [4.69, 9.17) is 5.73 Å². The predicted molar refractivity (Wildman–Crippen MR) is 81.1 cm³/mol. The number of carbonyl (C=O) groups is 1. The summed E-state index contributed by atoms with van der Waals surface area (Å²) in [5, 5.41) is 2.95. The van der Waals surface area contributed by atoms with Crippen molar-refractivity contribution >= 4 is 5.91 Å². The minimum atomic E-state index is -0.635. The first-order chi connectivity index (χ1) is 9.58. The Balaban J connectivity index is 2.02. The highest BCUT2D eigenvalue weighted by molar-refractivity contribution is 5.83. The molecule has 0 aliphatic rings. The summed E-state index contributed by atoms with van der Waals surface area (Å²) in [4.78, 5) is 12.2. The molecule has 0 spiro atoms. The standard InChI is InChI=1S/C17H20N2O/c1-12-8-10-14(11-9-12)13(2)19-17(20)16(18)15-6-4-3-5-7-15/h3-11,13,16H,18H2,1-2H3,(H,19,20)/t13-,16-/m1/s1. The summed E-state index contributed by atoms with van der Waals surface area (Å²) in [6, 6.07) is 16.8. The fraction of sp³-hybridized carbons (Fsp3) is 0.235. The SMILES string of the molecule is Cc1ccc([C@@H](C)NC(=O)[C@H](N)c2ccccc2)cc1. The molecular weight excluding hydrogens is 248 g/mol. The number of nitrogens with two attached hydrogens (primary N) is 1. The topological polar surface area (TPSA) is 55.1 Å². The van der Waals surface area contributed by atoms with E-state index in [1.807, 2.05) is 68.4 Å². The van der Waals surface area contributed by atoms with E-state index < -0.39 is 6.04 Å². The lowest BCUT2D eigenvalue weighted by Crippen LogP contribution is -2.35. The summed E-state index contributed by atoms with van der Waals surface area (Å²) in [5.74, 6) is -0.163. The number of benzene rings is 2. The fourth-order valence-corrected chi connectivity index (χ4v) is 2.05. The first-order valence-electron chi connectivity index (χ1n) is 6.75. The van der Waals surface area contributed by atoms with Gasteiger partial charge in [0.15, 0.2) is 0 Å². The van der Waals surface area contributed by atoms with E-state index in [2.05, 4.69) is 5.32 Å². The van der Waals surface area contributed by atoms with Crippen LogP contribution in [0.1, 0.15) is 35.7 Å². The molecule has 2 aromatic rings. The average Bonchev–Trinajstić information content (AvgIpc) is 2.48. The van der Waals surface area contributed by atoms with Gasteiger partial charge in [-0.05, 0) is 25.0 Å². The van der Waals surface area contributed by atoms with Crippen molar-refractivity contribution in [3.63, 3.8) is 0 Å². The van der Waals surface area contributed by atoms with Crippen LogP contribution in [0.5, 0.6) is 0 Å². The Morgan fingerprint density at radius 2 is 1.60 bits per heavy atom. The van der Waals surface area contributed by atoms with Gasteiger partial charge in [-0.1, -0.05) is 60.2 Å². The molecule has 0 heterocycles. The highest BCUT2D eigenvalue weighted by atomic mass is 16.2. The molecule has 0 fully saturated rings. The van der Waals surface area contributed by atoms with Crippen molar-refractivity contribution in [2.45, 2.75) is 25.9 Å². The van der Waals surface area contributed by atoms with Crippen LogP contribution < -0.4 is 11.1 Å². The number of amides is 1. The number of carbonyl (C=O) groups excluding carboxylic acids is 1. The minimum absolute atomic E-state index is 0.0575. The maximum atomic E-state index is 12.2. The van der Waals surface area contributed by atoms with Crippen LogP contribution in [0.4, 0.5) is 0 Å². The van der Waals surface area contributed by atoms with Gasteiger partial charge in [0.05, 0.1) is 6.04 Å². The normalized spacial score (nSPS) is 13.6. The molecule has 3 nitrogen and oxygen atoms in total. The second-order valence-corrected chi connectivity index (χ2v) is 5.03. The molecule has 2 atom stereocenters. The number of rotatable bonds is 4. The molecular formula is C17H20N2O. The molecule has 2 rings (SSSR count). The third-order valence-electron chi connectivity index (χ3n) is 3.38. The van der Waals surface area contributed by atoms with E-state index in [0.717, 1.165) is 11.1 Å². The Bertz CT molecular complexity index is 563. The molecule has 0 saturated carbocycles. The van der Waals surface area contributed by atoms with Crippen LogP contribution in [-0.4, -0.2) is 5.91 Å². The predicted octanol–water partition coefficient (Wildman–Crippen LogP) is 2.87. The van der Waals surface area contributed by atoms with Crippen molar-refractivity contribution in [1.29, 1.82) is 0 Å². The van der Waals surface area contributed by atoms with Crippen LogP contribution >= 0.6 is 0 Å². The Labute approximate surface area is 119 Å². The first kappa shape index (κ1) is 14.3. The lowest BCUT2D eigenvalue weighted by molar-refractivity contribution is -0.123. The molecule has 104 valence electrons. The molecule has 0 aliphatic heterocycles. The summed E-state index contributed by atoms with van der Waals surface area (Å²) in [5.41, 5.74) is 9.07. The molecule has 1 amide bonds. The van der Waals surface area contributed by atoms with Gasteiger partial charge in [-0.2, -0.15) is 0 Å². The Morgan fingerprint density at radius 3 is 2.20 bits per heavy atom. The molecule has 0 saturated heterocycles. The summed E-state index contributed by atoms with van der Waals surface area (Å²) < 4.78 is 0. The van der Waals surface area contributed by atoms with Crippen molar-refractivity contribution in [3.05, 3.63) is 71.3 Å². The molecule has 3 N–H and O–H groups in total. The van der Waals surface area contributed by atoms with Crippen LogP contribution in [-0.2, 0) is 4.79 Å². The third kappa shape index (κ3) is 3.45. The van der Waals surface area contributed by atoms with Gasteiger partial charge in [-0.3, -0.25) is 4.79 Å². The highest BCUT2D eigenvalue weighted by Crippen LogP contribution is 2.15. The number of hydrogen-bond donors (Lipinski definition) is 2. The lowest BCUT2D eigenvalue weighted by Gasteiger charge is -2.18. The van der Waals surface area contributed by atoms with Crippen molar-refractivity contribution in [2.75, 3.05) is 0 Å². The smallest absolute Gasteiger partial charge is 0.241 e. The molecule has 20 heavy (non-hydrogen) atoms. The van der Waals surface area contributed by atoms with E-state index >= 15 is 0 Å². The van der Waals surface area contributed by atoms with Gasteiger partial charge in [0.25, 0.3) is 0 Å². The van der Waals surface area contributed by atoms with E-state index in [9.17, 15) is 4.79 Å². The van der Waals surface area contributed by atoms with Crippen LogP contribution in [0, 0.1) is 6.92 Å². The van der Waals surface area contributed by atoms with Crippen molar-refractivity contribution in [2.24, 2.45) is 5.73 Å². The van der Waals surface area contributed by atoms with E-state index in [1.165, 1.54) is 5.56 Å². The Kier molecular flexibility index (Phi) is 4.53. The zero-order chi connectivity index (χ0) is 14.5. The minimum Gasteiger partial charge on any atom is -0.348 e. The van der Waals surface area contributed by atoms with Crippen molar-refractivity contribution in [3.8, 4) is 0 Å². The van der Waals surface area contributed by atoms with E-state index in [1.54, 1.807) is 0 Å². The van der Waals surface area contributed by atoms with Crippen LogP contribution in [0.3, 0.4) is 0 Å². The number of hydrogen-bond acceptors (Lipinski definition) is 2. The van der Waals surface area contributed by atoms with Gasteiger partial charge in [-0.25, -0.2) is 0 Å². The maximum absolute atomic E-state index is 12.2. The molecule has 0 aromatic heterocycles. The monoisotopic (exact) mass is 268 g/mol. The highest BCUT2D eigenvalue weighted by Gasteiger charge is 2.17. The van der Waals surface area contributed by atoms with Gasteiger partial charge in [0.2, 0.25) is 5.91 Å². The summed E-state index contributed by atoms with van der Waals surface area (Å²) in [6.07, 6.45) is 0. The Hall–Kier alpha value is -2.13. The number of nitrogens with one attached hydrogen (secondary N) is 1.